The van der Waals surface area contributed by atoms with Crippen LogP contribution in [0.2, 0.25) is 0 Å². The summed E-state index contributed by atoms with van der Waals surface area (Å²) in [4.78, 5) is 2.47. The molecule has 1 heterocycles. The van der Waals surface area contributed by atoms with Gasteiger partial charge in [0.15, 0.2) is 0 Å². The van der Waals surface area contributed by atoms with Gasteiger partial charge in [-0.25, -0.2) is 0 Å². The predicted molar refractivity (Wildman–Crippen MR) is 68.6 cm³/mol. The van der Waals surface area contributed by atoms with E-state index in [1.807, 2.05) is 11.8 Å². The largest absolute Gasteiger partial charge is 0.363 e. The van der Waals surface area contributed by atoms with Crippen LogP contribution in [-0.4, -0.2) is 30.1 Å². The number of hydrogen-bond acceptors (Lipinski definition) is 3. The summed E-state index contributed by atoms with van der Waals surface area (Å²) in [6.07, 6.45) is 0. The summed E-state index contributed by atoms with van der Waals surface area (Å²) >= 11 is 2.01. The van der Waals surface area contributed by atoms with Crippen LogP contribution in [0.3, 0.4) is 0 Å². The maximum absolute atomic E-state index is 5.78. The number of nitrogens with zero attached hydrogens (tertiary/aromatic N) is 1. The van der Waals surface area contributed by atoms with Crippen LogP contribution in [-0.2, 0) is 0 Å². The first kappa shape index (κ1) is 10.8. The van der Waals surface area contributed by atoms with Crippen LogP contribution < -0.4 is 10.6 Å². The summed E-state index contributed by atoms with van der Waals surface area (Å²) in [5.41, 5.74) is 7.08. The lowest BCUT2D eigenvalue weighted by molar-refractivity contribution is 0.577. The average Bonchev–Trinajstić information content (AvgIpc) is 2.23. The number of rotatable bonds is 4. The van der Waals surface area contributed by atoms with E-state index in [-0.39, 0.29) is 0 Å². The average molecular weight is 222 g/mol. The van der Waals surface area contributed by atoms with E-state index in [1.54, 1.807) is 0 Å². The van der Waals surface area contributed by atoms with Crippen molar-refractivity contribution >= 4 is 17.4 Å². The monoisotopic (exact) mass is 222 g/mol. The summed E-state index contributed by atoms with van der Waals surface area (Å²) in [7, 11) is 0. The standard InChI is InChI=1S/C12H18N2S/c1-10(7-13)14(12-8-15-9-12)11-5-3-2-4-6-11/h2-6,10,12H,7-9,13H2,1H3. The molecule has 1 atom stereocenters. The molecule has 15 heavy (non-hydrogen) atoms. The molecule has 0 aliphatic carbocycles. The van der Waals surface area contributed by atoms with Crippen molar-refractivity contribution in [2.45, 2.75) is 19.0 Å². The van der Waals surface area contributed by atoms with Gasteiger partial charge in [0.25, 0.3) is 0 Å². The Morgan fingerprint density at radius 3 is 2.53 bits per heavy atom. The Balaban J connectivity index is 2.18. The van der Waals surface area contributed by atoms with Gasteiger partial charge in [0.1, 0.15) is 0 Å². The summed E-state index contributed by atoms with van der Waals surface area (Å²) in [5.74, 6) is 2.47. The van der Waals surface area contributed by atoms with Crippen molar-refractivity contribution in [3.05, 3.63) is 30.3 Å². The molecular formula is C12H18N2S. The van der Waals surface area contributed by atoms with E-state index in [0.29, 0.717) is 12.1 Å². The molecule has 0 radical (unpaired) electrons. The minimum Gasteiger partial charge on any atom is -0.363 e. The Bertz CT molecular complexity index is 293. The second-order valence-electron chi connectivity index (χ2n) is 4.02. The molecule has 0 amide bonds. The fourth-order valence-electron chi connectivity index (χ4n) is 1.92. The SMILES string of the molecule is CC(CN)N(c1ccccc1)C1CSC1. The molecule has 82 valence electrons. The maximum Gasteiger partial charge on any atom is 0.0474 e. The molecule has 2 nitrogen and oxygen atoms in total. The van der Waals surface area contributed by atoms with Crippen LogP contribution in [0.1, 0.15) is 6.92 Å². The number of anilines is 1. The predicted octanol–water partition coefficient (Wildman–Crippen LogP) is 1.96. The Hall–Kier alpha value is -0.670. The van der Waals surface area contributed by atoms with Gasteiger partial charge in [0.05, 0.1) is 0 Å². The molecule has 0 aromatic heterocycles. The molecule has 3 heteroatoms. The van der Waals surface area contributed by atoms with Gasteiger partial charge in [-0.2, -0.15) is 11.8 Å². The van der Waals surface area contributed by atoms with Crippen molar-refractivity contribution in [2.24, 2.45) is 5.73 Å². The fourth-order valence-corrected chi connectivity index (χ4v) is 2.69. The number of thioether (sulfide) groups is 1. The highest BCUT2D eigenvalue weighted by molar-refractivity contribution is 8.00. The Morgan fingerprint density at radius 1 is 1.40 bits per heavy atom. The summed E-state index contributed by atoms with van der Waals surface area (Å²) < 4.78 is 0. The van der Waals surface area contributed by atoms with Gasteiger partial charge in [-0.15, -0.1) is 0 Å². The fraction of sp³-hybridized carbons (Fsp3) is 0.500. The molecule has 0 bridgehead atoms. The maximum atomic E-state index is 5.78. The third-order valence-electron chi connectivity index (χ3n) is 2.88. The first-order chi connectivity index (χ1) is 7.33. The lowest BCUT2D eigenvalue weighted by Crippen LogP contribution is -2.51. The van der Waals surface area contributed by atoms with Crippen molar-refractivity contribution in [3.63, 3.8) is 0 Å². The van der Waals surface area contributed by atoms with Crippen LogP contribution in [0, 0.1) is 0 Å². The first-order valence-electron chi connectivity index (χ1n) is 5.44. The molecular weight excluding hydrogens is 204 g/mol. The molecule has 1 aliphatic rings. The smallest absolute Gasteiger partial charge is 0.0474 e. The van der Waals surface area contributed by atoms with Crippen molar-refractivity contribution in [1.82, 2.24) is 0 Å². The van der Waals surface area contributed by atoms with Gasteiger partial charge in [-0.05, 0) is 19.1 Å². The van der Waals surface area contributed by atoms with Crippen LogP contribution >= 0.6 is 11.8 Å². The topological polar surface area (TPSA) is 29.3 Å². The summed E-state index contributed by atoms with van der Waals surface area (Å²) in [6.45, 7) is 2.92. The van der Waals surface area contributed by atoms with E-state index in [4.69, 9.17) is 5.73 Å². The van der Waals surface area contributed by atoms with E-state index in [9.17, 15) is 0 Å². The van der Waals surface area contributed by atoms with E-state index < -0.39 is 0 Å². The van der Waals surface area contributed by atoms with E-state index in [0.717, 1.165) is 6.54 Å². The highest BCUT2D eigenvalue weighted by Crippen LogP contribution is 2.29. The molecule has 1 aromatic rings. The van der Waals surface area contributed by atoms with Crippen molar-refractivity contribution in [2.75, 3.05) is 23.0 Å². The van der Waals surface area contributed by atoms with Gasteiger partial charge in [-0.1, -0.05) is 18.2 Å². The van der Waals surface area contributed by atoms with E-state index in [2.05, 4.69) is 42.2 Å². The molecule has 1 aliphatic heterocycles. The minimum atomic E-state index is 0.429. The minimum absolute atomic E-state index is 0.429. The second-order valence-corrected chi connectivity index (χ2v) is 5.09. The van der Waals surface area contributed by atoms with E-state index >= 15 is 0 Å². The lowest BCUT2D eigenvalue weighted by Gasteiger charge is -2.42. The van der Waals surface area contributed by atoms with Crippen LogP contribution in [0.5, 0.6) is 0 Å². The van der Waals surface area contributed by atoms with Crippen molar-refractivity contribution in [3.8, 4) is 0 Å². The second kappa shape index (κ2) is 4.90. The zero-order valence-corrected chi connectivity index (χ0v) is 9.91. The van der Waals surface area contributed by atoms with Gasteiger partial charge in [0, 0.05) is 35.8 Å². The van der Waals surface area contributed by atoms with Crippen LogP contribution in [0.15, 0.2) is 30.3 Å². The zero-order valence-electron chi connectivity index (χ0n) is 9.10. The molecule has 1 aromatic carbocycles. The zero-order chi connectivity index (χ0) is 10.7. The van der Waals surface area contributed by atoms with Crippen molar-refractivity contribution < 1.29 is 0 Å². The highest BCUT2D eigenvalue weighted by Gasteiger charge is 2.28. The molecule has 0 saturated carbocycles. The molecule has 1 unspecified atom stereocenters. The molecule has 2 rings (SSSR count). The third-order valence-corrected chi connectivity index (χ3v) is 4.13. The summed E-state index contributed by atoms with van der Waals surface area (Å²) in [6, 6.07) is 11.7. The number of para-hydroxylation sites is 1. The summed E-state index contributed by atoms with van der Waals surface area (Å²) in [5, 5.41) is 0. The third kappa shape index (κ3) is 2.29. The Labute approximate surface area is 95.8 Å². The number of benzene rings is 1. The quantitative estimate of drug-likeness (QED) is 0.844. The van der Waals surface area contributed by atoms with Gasteiger partial charge in [-0.3, -0.25) is 0 Å². The normalized spacial score (nSPS) is 18.3. The van der Waals surface area contributed by atoms with Crippen LogP contribution in [0.4, 0.5) is 5.69 Å². The Kier molecular flexibility index (Phi) is 3.54. The lowest BCUT2D eigenvalue weighted by atomic mass is 10.1. The Morgan fingerprint density at radius 2 is 2.07 bits per heavy atom. The van der Waals surface area contributed by atoms with Gasteiger partial charge >= 0.3 is 0 Å². The number of nitrogens with two attached hydrogens (primary N) is 1. The molecule has 1 fully saturated rings. The number of hydrogen-bond donors (Lipinski definition) is 1. The van der Waals surface area contributed by atoms with E-state index in [1.165, 1.54) is 17.2 Å². The first-order valence-corrected chi connectivity index (χ1v) is 6.59. The van der Waals surface area contributed by atoms with Gasteiger partial charge < -0.3 is 10.6 Å². The molecule has 2 N–H and O–H groups in total. The highest BCUT2D eigenvalue weighted by atomic mass is 32.2. The van der Waals surface area contributed by atoms with Crippen LogP contribution in [0.25, 0.3) is 0 Å². The molecule has 1 saturated heterocycles. The molecule has 0 spiro atoms. The van der Waals surface area contributed by atoms with Crippen molar-refractivity contribution in [1.29, 1.82) is 0 Å². The van der Waals surface area contributed by atoms with Gasteiger partial charge in [0.2, 0.25) is 0 Å².